The molecule has 5 nitrogen and oxygen atoms in total. The molecule has 2 aromatic carbocycles. The molecule has 3 rings (SSSR count). The van der Waals surface area contributed by atoms with Gasteiger partial charge in [-0.05, 0) is 49.4 Å². The Kier molecular flexibility index (Phi) is 5.76. The van der Waals surface area contributed by atoms with Crippen LogP contribution in [0, 0.1) is 11.3 Å². The van der Waals surface area contributed by atoms with Gasteiger partial charge in [0.15, 0.2) is 5.16 Å². The Labute approximate surface area is 164 Å². The zero-order chi connectivity index (χ0) is 18.5. The molecule has 0 aliphatic rings. The number of amides is 1. The number of halogens is 1. The van der Waals surface area contributed by atoms with E-state index in [2.05, 4.69) is 32.3 Å². The molecule has 0 aliphatic heterocycles. The van der Waals surface area contributed by atoms with Crippen LogP contribution in [0.15, 0.2) is 70.6 Å². The Morgan fingerprint density at radius 1 is 1.31 bits per heavy atom. The largest absolute Gasteiger partial charge is 0.325 e. The average Bonchev–Trinajstić information content (AvgIpc) is 3.10. The topological polar surface area (TPSA) is 70.7 Å². The number of imidazole rings is 1. The fourth-order valence-electron chi connectivity index (χ4n) is 2.30. The second-order valence-corrected chi connectivity index (χ2v) is 7.72. The zero-order valence-electron chi connectivity index (χ0n) is 13.9. The minimum absolute atomic E-state index is 0.143. The Bertz CT molecular complexity index is 962. The van der Waals surface area contributed by atoms with Gasteiger partial charge in [0, 0.05) is 28.2 Å². The van der Waals surface area contributed by atoms with Gasteiger partial charge in [-0.2, -0.15) is 5.26 Å². The molecule has 1 atom stereocenters. The van der Waals surface area contributed by atoms with Gasteiger partial charge in [0.25, 0.3) is 0 Å². The number of nitrogens with one attached hydrogen (secondary N) is 1. The normalized spacial score (nSPS) is 11.6. The molecule has 0 radical (unpaired) electrons. The lowest BCUT2D eigenvalue weighted by molar-refractivity contribution is -0.115. The van der Waals surface area contributed by atoms with Crippen LogP contribution >= 0.6 is 27.7 Å². The molecule has 0 saturated carbocycles. The van der Waals surface area contributed by atoms with Crippen molar-refractivity contribution in [2.24, 2.45) is 0 Å². The Hall–Kier alpha value is -2.56. The lowest BCUT2D eigenvalue weighted by atomic mass is 10.2. The molecule has 7 heteroatoms. The van der Waals surface area contributed by atoms with Gasteiger partial charge < -0.3 is 5.32 Å². The number of thioether (sulfide) groups is 1. The first-order valence-corrected chi connectivity index (χ1v) is 9.51. The molecule has 130 valence electrons. The van der Waals surface area contributed by atoms with Gasteiger partial charge in [0.05, 0.1) is 16.9 Å². The van der Waals surface area contributed by atoms with Gasteiger partial charge in [0.1, 0.15) is 0 Å². The lowest BCUT2D eigenvalue weighted by Gasteiger charge is -2.13. The molecule has 1 aromatic heterocycles. The van der Waals surface area contributed by atoms with Crippen LogP contribution in [0.25, 0.3) is 5.69 Å². The van der Waals surface area contributed by atoms with Gasteiger partial charge in [-0.3, -0.25) is 9.36 Å². The first kappa shape index (κ1) is 18.2. The number of benzene rings is 2. The highest BCUT2D eigenvalue weighted by atomic mass is 79.9. The first-order chi connectivity index (χ1) is 12.6. The van der Waals surface area contributed by atoms with Gasteiger partial charge in [-0.15, -0.1) is 0 Å². The number of aromatic nitrogens is 2. The molecule has 0 fully saturated rings. The second kappa shape index (κ2) is 8.21. The van der Waals surface area contributed by atoms with Crippen LogP contribution in [0.3, 0.4) is 0 Å². The van der Waals surface area contributed by atoms with E-state index in [4.69, 9.17) is 5.26 Å². The number of rotatable bonds is 5. The van der Waals surface area contributed by atoms with E-state index in [0.29, 0.717) is 11.3 Å². The number of carbonyl (C=O) groups is 1. The number of hydrogen-bond acceptors (Lipinski definition) is 4. The van der Waals surface area contributed by atoms with Crippen LogP contribution in [0.2, 0.25) is 0 Å². The van der Waals surface area contributed by atoms with E-state index in [1.165, 1.54) is 11.8 Å². The predicted octanol–water partition coefficient (Wildman–Crippen LogP) is 4.63. The van der Waals surface area contributed by atoms with Crippen molar-refractivity contribution < 1.29 is 4.79 Å². The van der Waals surface area contributed by atoms with Crippen LogP contribution in [-0.4, -0.2) is 20.7 Å². The summed E-state index contributed by atoms with van der Waals surface area (Å²) in [5.41, 5.74) is 2.09. The molecule has 1 unspecified atom stereocenters. The third kappa shape index (κ3) is 4.34. The molecular weight excluding hydrogens is 412 g/mol. The Balaban J connectivity index is 1.71. The molecule has 26 heavy (non-hydrogen) atoms. The summed E-state index contributed by atoms with van der Waals surface area (Å²) >= 11 is 4.80. The van der Waals surface area contributed by atoms with E-state index in [1.807, 2.05) is 42.0 Å². The van der Waals surface area contributed by atoms with E-state index in [0.717, 1.165) is 15.3 Å². The zero-order valence-corrected chi connectivity index (χ0v) is 16.3. The third-order valence-corrected chi connectivity index (χ3v) is 5.23. The fourth-order valence-corrected chi connectivity index (χ4v) is 3.45. The quantitative estimate of drug-likeness (QED) is 0.603. The number of anilines is 1. The summed E-state index contributed by atoms with van der Waals surface area (Å²) in [5.74, 6) is -0.143. The minimum atomic E-state index is -0.350. The predicted molar refractivity (Wildman–Crippen MR) is 106 cm³/mol. The van der Waals surface area contributed by atoms with Crippen molar-refractivity contribution in [3.05, 3.63) is 71.0 Å². The summed E-state index contributed by atoms with van der Waals surface area (Å²) in [6, 6.07) is 16.8. The van der Waals surface area contributed by atoms with Crippen molar-refractivity contribution in [2.45, 2.75) is 17.3 Å². The minimum Gasteiger partial charge on any atom is -0.325 e. The van der Waals surface area contributed by atoms with Crippen LogP contribution in [0.5, 0.6) is 0 Å². The molecule has 0 aliphatic carbocycles. The summed E-state index contributed by atoms with van der Waals surface area (Å²) < 4.78 is 2.94. The van der Waals surface area contributed by atoms with E-state index >= 15 is 0 Å². The van der Waals surface area contributed by atoms with Crippen LogP contribution in [-0.2, 0) is 4.79 Å². The van der Waals surface area contributed by atoms with Gasteiger partial charge >= 0.3 is 0 Å². The van der Waals surface area contributed by atoms with E-state index in [-0.39, 0.29) is 11.2 Å². The van der Waals surface area contributed by atoms with E-state index in [1.54, 1.807) is 30.5 Å². The third-order valence-electron chi connectivity index (χ3n) is 3.62. The number of nitriles is 1. The Morgan fingerprint density at radius 3 is 2.81 bits per heavy atom. The molecular formula is C19H15BrN4OS. The summed E-state index contributed by atoms with van der Waals surface area (Å²) in [7, 11) is 0. The summed E-state index contributed by atoms with van der Waals surface area (Å²) in [6.45, 7) is 1.83. The number of nitrogens with zero attached hydrogens (tertiary/aromatic N) is 3. The van der Waals surface area contributed by atoms with Crippen LogP contribution in [0.1, 0.15) is 12.5 Å². The molecule has 0 saturated heterocycles. The molecule has 1 N–H and O–H groups in total. The van der Waals surface area contributed by atoms with Crippen molar-refractivity contribution in [1.29, 1.82) is 5.26 Å². The fraction of sp³-hybridized carbons (Fsp3) is 0.105. The highest BCUT2D eigenvalue weighted by molar-refractivity contribution is 9.10. The Morgan fingerprint density at radius 2 is 2.08 bits per heavy atom. The van der Waals surface area contributed by atoms with E-state index < -0.39 is 0 Å². The van der Waals surface area contributed by atoms with Crippen LogP contribution < -0.4 is 5.32 Å². The van der Waals surface area contributed by atoms with Gasteiger partial charge in [-0.1, -0.05) is 33.8 Å². The lowest BCUT2D eigenvalue weighted by Crippen LogP contribution is -2.22. The highest BCUT2D eigenvalue weighted by Gasteiger charge is 2.18. The first-order valence-electron chi connectivity index (χ1n) is 7.84. The highest BCUT2D eigenvalue weighted by Crippen LogP contribution is 2.26. The van der Waals surface area contributed by atoms with Crippen molar-refractivity contribution in [2.75, 3.05) is 5.32 Å². The van der Waals surface area contributed by atoms with Crippen molar-refractivity contribution >= 4 is 39.3 Å². The van der Waals surface area contributed by atoms with Crippen molar-refractivity contribution in [3.63, 3.8) is 0 Å². The smallest absolute Gasteiger partial charge is 0.237 e. The summed E-state index contributed by atoms with van der Waals surface area (Å²) in [6.07, 6.45) is 3.58. The maximum absolute atomic E-state index is 12.5. The summed E-state index contributed by atoms with van der Waals surface area (Å²) in [4.78, 5) is 16.8. The molecule has 1 amide bonds. The molecule has 1 heterocycles. The number of carbonyl (C=O) groups excluding carboxylic acids is 1. The average molecular weight is 427 g/mol. The van der Waals surface area contributed by atoms with E-state index in [9.17, 15) is 4.79 Å². The number of hydrogen-bond donors (Lipinski definition) is 1. The monoisotopic (exact) mass is 426 g/mol. The maximum atomic E-state index is 12.5. The molecule has 0 bridgehead atoms. The summed E-state index contributed by atoms with van der Waals surface area (Å²) in [5, 5.41) is 12.2. The van der Waals surface area contributed by atoms with Gasteiger partial charge in [-0.25, -0.2) is 4.98 Å². The SMILES string of the molecule is CC(Sc1nccn1-c1ccc(Br)cc1)C(=O)Nc1cccc(C#N)c1. The van der Waals surface area contributed by atoms with Gasteiger partial charge in [0.2, 0.25) is 5.91 Å². The van der Waals surface area contributed by atoms with Crippen molar-refractivity contribution in [3.8, 4) is 11.8 Å². The van der Waals surface area contributed by atoms with Crippen LogP contribution in [0.4, 0.5) is 5.69 Å². The standard InChI is InChI=1S/C19H15BrN4OS/c1-13(18(25)23-16-4-2-3-14(11-16)12-21)26-19-22-9-10-24(19)17-7-5-15(20)6-8-17/h2-11,13H,1H3,(H,23,25). The maximum Gasteiger partial charge on any atom is 0.237 e. The van der Waals surface area contributed by atoms with Crippen molar-refractivity contribution in [1.82, 2.24) is 9.55 Å². The molecule has 0 spiro atoms. The molecule has 3 aromatic rings. The second-order valence-electron chi connectivity index (χ2n) is 5.50.